The maximum absolute atomic E-state index is 13.6. The summed E-state index contributed by atoms with van der Waals surface area (Å²) in [5.41, 5.74) is 3.10. The summed E-state index contributed by atoms with van der Waals surface area (Å²) in [5, 5.41) is 2.95. The molecule has 0 heterocycles. The van der Waals surface area contributed by atoms with Crippen molar-refractivity contribution in [1.82, 2.24) is 5.32 Å². The lowest BCUT2D eigenvalue weighted by atomic mass is 10.1. The van der Waals surface area contributed by atoms with Gasteiger partial charge in [-0.1, -0.05) is 48.0 Å². The van der Waals surface area contributed by atoms with Crippen molar-refractivity contribution in [2.75, 3.05) is 18.0 Å². The van der Waals surface area contributed by atoms with Gasteiger partial charge in [0.1, 0.15) is 5.75 Å². The Labute approximate surface area is 196 Å². The third-order valence-electron chi connectivity index (χ3n) is 5.48. The van der Waals surface area contributed by atoms with E-state index in [1.165, 1.54) is 4.31 Å². The molecule has 0 aliphatic rings. The largest absolute Gasteiger partial charge is 0.497 e. The highest BCUT2D eigenvalue weighted by molar-refractivity contribution is 7.92. The van der Waals surface area contributed by atoms with E-state index in [9.17, 15) is 13.2 Å². The Balaban J connectivity index is 1.85. The molecule has 0 saturated carbocycles. The van der Waals surface area contributed by atoms with Gasteiger partial charge in [-0.25, -0.2) is 8.42 Å². The highest BCUT2D eigenvalue weighted by Gasteiger charge is 2.27. The molecule has 0 aliphatic carbocycles. The summed E-state index contributed by atoms with van der Waals surface area (Å²) in [6, 6.07) is 21.5. The van der Waals surface area contributed by atoms with Crippen molar-refractivity contribution < 1.29 is 17.9 Å². The van der Waals surface area contributed by atoms with Gasteiger partial charge in [0, 0.05) is 13.0 Å². The normalized spacial score (nSPS) is 12.1. The standard InChI is InChI=1S/C26H30N2O4S/c1-19-10-15-25(20(2)18-19)33(30,31)28(23-11-13-24(32-4)14-12-23)17-16-26(29)27-21(3)22-8-6-5-7-9-22/h5-15,18,21H,16-17H2,1-4H3,(H,27,29). The van der Waals surface area contributed by atoms with Crippen LogP contribution in [0.5, 0.6) is 5.75 Å². The lowest BCUT2D eigenvalue weighted by Crippen LogP contribution is -2.36. The first-order valence-corrected chi connectivity index (χ1v) is 12.2. The fourth-order valence-electron chi connectivity index (χ4n) is 3.69. The predicted molar refractivity (Wildman–Crippen MR) is 131 cm³/mol. The molecule has 1 N–H and O–H groups in total. The highest BCUT2D eigenvalue weighted by Crippen LogP contribution is 2.28. The molecule has 0 spiro atoms. The van der Waals surface area contributed by atoms with E-state index < -0.39 is 10.0 Å². The third-order valence-corrected chi connectivity index (χ3v) is 7.47. The van der Waals surface area contributed by atoms with Crippen molar-refractivity contribution in [3.05, 3.63) is 89.5 Å². The Hall–Kier alpha value is -3.32. The summed E-state index contributed by atoms with van der Waals surface area (Å²) in [6.45, 7) is 5.61. The number of ether oxygens (including phenoxy) is 1. The number of hydrogen-bond acceptors (Lipinski definition) is 4. The first kappa shape index (κ1) is 24.3. The van der Waals surface area contributed by atoms with Gasteiger partial charge in [-0.15, -0.1) is 0 Å². The zero-order chi connectivity index (χ0) is 24.0. The first-order chi connectivity index (χ1) is 15.7. The molecule has 3 aromatic carbocycles. The van der Waals surface area contributed by atoms with Gasteiger partial charge in [0.05, 0.1) is 23.7 Å². The maximum Gasteiger partial charge on any atom is 0.264 e. The zero-order valence-electron chi connectivity index (χ0n) is 19.4. The van der Waals surface area contributed by atoms with Crippen LogP contribution in [-0.4, -0.2) is 28.0 Å². The van der Waals surface area contributed by atoms with Gasteiger partial charge >= 0.3 is 0 Å². The molecule has 0 bridgehead atoms. The molecule has 0 fully saturated rings. The first-order valence-electron chi connectivity index (χ1n) is 10.8. The number of methoxy groups -OCH3 is 1. The summed E-state index contributed by atoms with van der Waals surface area (Å²) in [5.74, 6) is 0.401. The number of amides is 1. The number of carbonyl (C=O) groups excluding carboxylic acids is 1. The second kappa shape index (κ2) is 10.5. The van der Waals surface area contributed by atoms with Crippen molar-refractivity contribution in [1.29, 1.82) is 0 Å². The number of benzene rings is 3. The molecule has 1 unspecified atom stereocenters. The van der Waals surface area contributed by atoms with Crippen LogP contribution < -0.4 is 14.4 Å². The van der Waals surface area contributed by atoms with Crippen LogP contribution in [0.4, 0.5) is 5.69 Å². The van der Waals surface area contributed by atoms with Crippen molar-refractivity contribution in [3.63, 3.8) is 0 Å². The summed E-state index contributed by atoms with van der Waals surface area (Å²) in [6.07, 6.45) is 0.0212. The topological polar surface area (TPSA) is 75.7 Å². The molecule has 33 heavy (non-hydrogen) atoms. The predicted octanol–water partition coefficient (Wildman–Crippen LogP) is 4.77. The minimum Gasteiger partial charge on any atom is -0.497 e. The van der Waals surface area contributed by atoms with Gasteiger partial charge in [-0.3, -0.25) is 9.10 Å². The smallest absolute Gasteiger partial charge is 0.264 e. The lowest BCUT2D eigenvalue weighted by Gasteiger charge is -2.26. The quantitative estimate of drug-likeness (QED) is 0.493. The molecule has 7 heteroatoms. The van der Waals surface area contributed by atoms with E-state index in [0.717, 1.165) is 11.1 Å². The molecule has 174 valence electrons. The number of nitrogens with zero attached hydrogens (tertiary/aromatic N) is 1. The minimum atomic E-state index is -3.88. The van der Waals surface area contributed by atoms with E-state index in [4.69, 9.17) is 4.74 Å². The van der Waals surface area contributed by atoms with Crippen molar-refractivity contribution >= 4 is 21.6 Å². The monoisotopic (exact) mass is 466 g/mol. The number of carbonyl (C=O) groups is 1. The molecule has 0 aliphatic heterocycles. The van der Waals surface area contributed by atoms with E-state index in [0.29, 0.717) is 17.0 Å². The molecule has 6 nitrogen and oxygen atoms in total. The van der Waals surface area contributed by atoms with Gasteiger partial charge < -0.3 is 10.1 Å². The molecule has 0 radical (unpaired) electrons. The van der Waals surface area contributed by atoms with Crippen LogP contribution in [0.3, 0.4) is 0 Å². The fraction of sp³-hybridized carbons (Fsp3) is 0.269. The number of hydrogen-bond donors (Lipinski definition) is 1. The number of nitrogens with one attached hydrogen (secondary N) is 1. The average Bonchev–Trinajstić information content (AvgIpc) is 2.79. The van der Waals surface area contributed by atoms with Crippen LogP contribution in [0.2, 0.25) is 0 Å². The van der Waals surface area contributed by atoms with E-state index in [-0.39, 0.29) is 29.8 Å². The van der Waals surface area contributed by atoms with Gasteiger partial charge in [-0.05, 0) is 62.2 Å². The van der Waals surface area contributed by atoms with Gasteiger partial charge in [-0.2, -0.15) is 0 Å². The Kier molecular flexibility index (Phi) is 7.76. The molecule has 0 saturated heterocycles. The van der Waals surface area contributed by atoms with E-state index in [1.54, 1.807) is 50.4 Å². The number of rotatable bonds is 9. The molecular weight excluding hydrogens is 436 g/mol. The molecule has 1 amide bonds. The van der Waals surface area contributed by atoms with Crippen LogP contribution in [0, 0.1) is 13.8 Å². The second-order valence-corrected chi connectivity index (χ2v) is 9.82. The number of aryl methyl sites for hydroxylation is 2. The lowest BCUT2D eigenvalue weighted by molar-refractivity contribution is -0.121. The Bertz CT molecular complexity index is 1190. The summed E-state index contributed by atoms with van der Waals surface area (Å²) < 4.78 is 33.8. The van der Waals surface area contributed by atoms with Gasteiger partial charge in [0.15, 0.2) is 0 Å². The van der Waals surface area contributed by atoms with Crippen molar-refractivity contribution in [3.8, 4) is 5.75 Å². The average molecular weight is 467 g/mol. The zero-order valence-corrected chi connectivity index (χ0v) is 20.2. The molecule has 0 aromatic heterocycles. The summed E-state index contributed by atoms with van der Waals surface area (Å²) in [7, 11) is -2.33. The van der Waals surface area contributed by atoms with Crippen LogP contribution in [0.25, 0.3) is 0 Å². The number of anilines is 1. The Morgan fingerprint density at radius 3 is 2.27 bits per heavy atom. The molecule has 3 rings (SSSR count). The third kappa shape index (κ3) is 5.93. The van der Waals surface area contributed by atoms with Gasteiger partial charge in [0.25, 0.3) is 10.0 Å². The molecular formula is C26H30N2O4S. The highest BCUT2D eigenvalue weighted by atomic mass is 32.2. The van der Waals surface area contributed by atoms with E-state index >= 15 is 0 Å². The van der Waals surface area contributed by atoms with Gasteiger partial charge in [0.2, 0.25) is 5.91 Å². The second-order valence-electron chi connectivity index (χ2n) is 7.99. The Morgan fingerprint density at radius 2 is 1.67 bits per heavy atom. The van der Waals surface area contributed by atoms with E-state index in [1.807, 2.05) is 50.2 Å². The Morgan fingerprint density at radius 1 is 1.00 bits per heavy atom. The van der Waals surface area contributed by atoms with Crippen molar-refractivity contribution in [2.45, 2.75) is 38.1 Å². The molecule has 1 atom stereocenters. The van der Waals surface area contributed by atoms with Crippen molar-refractivity contribution in [2.24, 2.45) is 0 Å². The van der Waals surface area contributed by atoms with Crippen LogP contribution in [0.1, 0.15) is 36.1 Å². The summed E-state index contributed by atoms with van der Waals surface area (Å²) >= 11 is 0. The summed E-state index contributed by atoms with van der Waals surface area (Å²) in [4.78, 5) is 12.9. The molecule has 3 aromatic rings. The fourth-order valence-corrected chi connectivity index (χ4v) is 5.36. The van der Waals surface area contributed by atoms with Crippen LogP contribution in [0.15, 0.2) is 77.7 Å². The van der Waals surface area contributed by atoms with E-state index in [2.05, 4.69) is 5.32 Å². The van der Waals surface area contributed by atoms with Crippen LogP contribution >= 0.6 is 0 Å². The minimum absolute atomic E-state index is 0.00925. The number of sulfonamides is 1. The SMILES string of the molecule is COc1ccc(N(CCC(=O)NC(C)c2ccccc2)S(=O)(=O)c2ccc(C)cc2C)cc1. The van der Waals surface area contributed by atoms with Crippen LogP contribution in [-0.2, 0) is 14.8 Å². The maximum atomic E-state index is 13.6.